The van der Waals surface area contributed by atoms with Crippen molar-refractivity contribution in [3.05, 3.63) is 24.3 Å². The smallest absolute Gasteiger partial charge is 0.191 e. The summed E-state index contributed by atoms with van der Waals surface area (Å²) in [5.41, 5.74) is 0. The Bertz CT molecular complexity index is 616. The fraction of sp³-hybridized carbons (Fsp3) is 0.682. The van der Waals surface area contributed by atoms with Gasteiger partial charge in [0.25, 0.3) is 0 Å². The standard InChI is InChI=1S/C22H38N4O3/c1-6-23-22(24-12-9-13-26-15-18(3)28-19(4)16-26)25-14-17(2)29-21-11-8-7-10-20(21)27-5/h7-8,10-11,17-19H,6,9,12-16H2,1-5H3,(H2,23,24,25). The van der Waals surface area contributed by atoms with Crippen LogP contribution in [0.4, 0.5) is 0 Å². The van der Waals surface area contributed by atoms with Gasteiger partial charge < -0.3 is 24.8 Å². The first kappa shape index (κ1) is 23.3. The number of rotatable bonds is 10. The monoisotopic (exact) mass is 406 g/mol. The van der Waals surface area contributed by atoms with E-state index in [-0.39, 0.29) is 6.10 Å². The van der Waals surface area contributed by atoms with Crippen molar-refractivity contribution < 1.29 is 14.2 Å². The maximum Gasteiger partial charge on any atom is 0.191 e. The Balaban J connectivity index is 1.75. The van der Waals surface area contributed by atoms with Gasteiger partial charge in [0.15, 0.2) is 17.5 Å². The first-order chi connectivity index (χ1) is 14.0. The summed E-state index contributed by atoms with van der Waals surface area (Å²) in [6, 6.07) is 7.68. The van der Waals surface area contributed by atoms with Crippen LogP contribution in [0, 0.1) is 0 Å². The molecule has 3 unspecified atom stereocenters. The third kappa shape index (κ3) is 8.50. The Kier molecular flexibility index (Phi) is 10.1. The molecule has 0 spiro atoms. The van der Waals surface area contributed by atoms with Gasteiger partial charge >= 0.3 is 0 Å². The van der Waals surface area contributed by atoms with Gasteiger partial charge in [-0.1, -0.05) is 12.1 Å². The van der Waals surface area contributed by atoms with E-state index in [9.17, 15) is 0 Å². The molecule has 1 fully saturated rings. The molecule has 29 heavy (non-hydrogen) atoms. The fourth-order valence-electron chi connectivity index (χ4n) is 3.51. The lowest BCUT2D eigenvalue weighted by molar-refractivity contribution is -0.0679. The second kappa shape index (κ2) is 12.5. The third-order valence-corrected chi connectivity index (χ3v) is 4.69. The van der Waals surface area contributed by atoms with Gasteiger partial charge in [0.05, 0.1) is 25.9 Å². The van der Waals surface area contributed by atoms with E-state index in [1.165, 1.54) is 0 Å². The molecule has 1 heterocycles. The zero-order chi connectivity index (χ0) is 21.1. The molecule has 1 aliphatic heterocycles. The Labute approximate surface area is 175 Å². The predicted molar refractivity (Wildman–Crippen MR) is 118 cm³/mol. The minimum atomic E-state index is -0.0573. The van der Waals surface area contributed by atoms with Crippen molar-refractivity contribution in [3.8, 4) is 11.5 Å². The molecule has 1 aromatic carbocycles. The van der Waals surface area contributed by atoms with Crippen LogP contribution in [0.1, 0.15) is 34.1 Å². The molecular formula is C22H38N4O3. The molecule has 3 atom stereocenters. The van der Waals surface area contributed by atoms with Crippen molar-refractivity contribution in [2.24, 2.45) is 4.99 Å². The predicted octanol–water partition coefficient (Wildman–Crippen LogP) is 2.52. The van der Waals surface area contributed by atoms with E-state index in [0.29, 0.717) is 18.8 Å². The lowest BCUT2D eigenvalue weighted by Crippen LogP contribution is -2.46. The minimum absolute atomic E-state index is 0.0573. The molecule has 0 aliphatic carbocycles. The topological polar surface area (TPSA) is 67.4 Å². The molecule has 0 radical (unpaired) electrons. The summed E-state index contributed by atoms with van der Waals surface area (Å²) in [6.07, 6.45) is 1.64. The van der Waals surface area contributed by atoms with Crippen molar-refractivity contribution >= 4 is 5.96 Å². The second-order valence-electron chi connectivity index (χ2n) is 7.60. The highest BCUT2D eigenvalue weighted by Crippen LogP contribution is 2.26. The number of nitrogens with zero attached hydrogens (tertiary/aromatic N) is 2. The SMILES string of the molecule is CCNC(=NCC(C)Oc1ccccc1OC)NCCCN1CC(C)OC(C)C1. The summed E-state index contributed by atoms with van der Waals surface area (Å²) in [4.78, 5) is 7.15. The highest BCUT2D eigenvalue weighted by molar-refractivity contribution is 5.79. The van der Waals surface area contributed by atoms with Crippen LogP contribution >= 0.6 is 0 Å². The molecule has 7 nitrogen and oxygen atoms in total. The molecule has 0 aromatic heterocycles. The van der Waals surface area contributed by atoms with Gasteiger partial charge in [-0.25, -0.2) is 4.99 Å². The molecule has 1 saturated heterocycles. The summed E-state index contributed by atoms with van der Waals surface area (Å²) >= 11 is 0. The van der Waals surface area contributed by atoms with Gasteiger partial charge in [-0.05, 0) is 46.2 Å². The normalized spacial score (nSPS) is 21.5. The number of aliphatic imine (C=N–C) groups is 1. The number of hydrogen-bond acceptors (Lipinski definition) is 5. The molecule has 0 saturated carbocycles. The van der Waals surface area contributed by atoms with Crippen LogP contribution in [-0.4, -0.2) is 75.5 Å². The van der Waals surface area contributed by atoms with E-state index in [1.807, 2.05) is 31.2 Å². The zero-order valence-corrected chi connectivity index (χ0v) is 18.6. The number of benzene rings is 1. The van der Waals surface area contributed by atoms with Crippen molar-refractivity contribution in [1.82, 2.24) is 15.5 Å². The van der Waals surface area contributed by atoms with E-state index in [2.05, 4.69) is 41.3 Å². The number of para-hydroxylation sites is 2. The first-order valence-electron chi connectivity index (χ1n) is 10.7. The largest absolute Gasteiger partial charge is 0.493 e. The van der Waals surface area contributed by atoms with Gasteiger partial charge in [0.2, 0.25) is 0 Å². The fourth-order valence-corrected chi connectivity index (χ4v) is 3.51. The van der Waals surface area contributed by atoms with E-state index in [0.717, 1.165) is 56.6 Å². The van der Waals surface area contributed by atoms with Gasteiger partial charge in [0.1, 0.15) is 6.10 Å². The molecule has 0 amide bonds. The Morgan fingerprint density at radius 1 is 1.21 bits per heavy atom. The molecule has 2 rings (SSSR count). The summed E-state index contributed by atoms with van der Waals surface area (Å²) in [6.45, 7) is 13.7. The van der Waals surface area contributed by atoms with Crippen LogP contribution in [0.3, 0.4) is 0 Å². The highest BCUT2D eigenvalue weighted by atomic mass is 16.5. The first-order valence-corrected chi connectivity index (χ1v) is 10.7. The van der Waals surface area contributed by atoms with E-state index in [4.69, 9.17) is 14.2 Å². The van der Waals surface area contributed by atoms with E-state index < -0.39 is 0 Å². The second-order valence-corrected chi connectivity index (χ2v) is 7.60. The molecule has 7 heteroatoms. The molecular weight excluding hydrogens is 368 g/mol. The van der Waals surface area contributed by atoms with Gasteiger partial charge in [-0.15, -0.1) is 0 Å². The zero-order valence-electron chi connectivity index (χ0n) is 18.6. The van der Waals surface area contributed by atoms with Gasteiger partial charge in [-0.3, -0.25) is 4.90 Å². The molecule has 1 aliphatic rings. The number of guanidine groups is 1. The van der Waals surface area contributed by atoms with E-state index in [1.54, 1.807) is 7.11 Å². The maximum atomic E-state index is 5.98. The minimum Gasteiger partial charge on any atom is -0.493 e. The molecule has 1 aromatic rings. The average Bonchev–Trinajstić information content (AvgIpc) is 2.69. The number of morpholine rings is 1. The van der Waals surface area contributed by atoms with E-state index >= 15 is 0 Å². The molecule has 164 valence electrons. The molecule has 2 N–H and O–H groups in total. The van der Waals surface area contributed by atoms with Crippen molar-refractivity contribution in [3.63, 3.8) is 0 Å². The Hall–Kier alpha value is -1.99. The lowest BCUT2D eigenvalue weighted by Gasteiger charge is -2.35. The summed E-state index contributed by atoms with van der Waals surface area (Å²) in [5, 5.41) is 6.73. The lowest BCUT2D eigenvalue weighted by atomic mass is 10.2. The van der Waals surface area contributed by atoms with Crippen LogP contribution in [0.25, 0.3) is 0 Å². The van der Waals surface area contributed by atoms with Crippen LogP contribution < -0.4 is 20.1 Å². The van der Waals surface area contributed by atoms with Crippen LogP contribution in [0.2, 0.25) is 0 Å². The Morgan fingerprint density at radius 2 is 1.90 bits per heavy atom. The molecule has 0 bridgehead atoms. The van der Waals surface area contributed by atoms with Crippen LogP contribution in [-0.2, 0) is 4.74 Å². The third-order valence-electron chi connectivity index (χ3n) is 4.69. The van der Waals surface area contributed by atoms with Crippen molar-refractivity contribution in [1.29, 1.82) is 0 Å². The maximum absolute atomic E-state index is 5.98. The quantitative estimate of drug-likeness (QED) is 0.354. The van der Waals surface area contributed by atoms with Gasteiger partial charge in [-0.2, -0.15) is 0 Å². The number of hydrogen-bond donors (Lipinski definition) is 2. The number of nitrogens with one attached hydrogen (secondary N) is 2. The highest BCUT2D eigenvalue weighted by Gasteiger charge is 2.21. The van der Waals surface area contributed by atoms with Crippen molar-refractivity contribution in [2.75, 3.05) is 46.4 Å². The number of methoxy groups -OCH3 is 1. The van der Waals surface area contributed by atoms with Crippen LogP contribution in [0.15, 0.2) is 29.3 Å². The van der Waals surface area contributed by atoms with Crippen molar-refractivity contribution in [2.45, 2.75) is 52.4 Å². The summed E-state index contributed by atoms with van der Waals surface area (Å²) in [7, 11) is 1.65. The Morgan fingerprint density at radius 3 is 2.55 bits per heavy atom. The number of ether oxygens (including phenoxy) is 3. The van der Waals surface area contributed by atoms with Crippen LogP contribution in [0.5, 0.6) is 11.5 Å². The summed E-state index contributed by atoms with van der Waals surface area (Å²) < 4.78 is 17.1. The van der Waals surface area contributed by atoms with Gasteiger partial charge in [0, 0.05) is 32.7 Å². The summed E-state index contributed by atoms with van der Waals surface area (Å²) in [5.74, 6) is 2.30. The average molecular weight is 407 g/mol.